The van der Waals surface area contributed by atoms with E-state index in [-0.39, 0.29) is 5.75 Å². The SMILES string of the molecule is COCc1cc(C)nc(N/N=C\c2ccccc2O)c1C#N. The van der Waals surface area contributed by atoms with Gasteiger partial charge in [0.1, 0.15) is 17.4 Å². The number of nitrogens with zero attached hydrogens (tertiary/aromatic N) is 3. The molecule has 0 aliphatic carbocycles. The standard InChI is InChI=1S/C16H16N4O2/c1-11-7-13(10-22-2)14(8-17)16(19-11)20-18-9-12-5-3-4-6-15(12)21/h3-7,9,21H,10H2,1-2H3,(H,19,20)/b18-9-. The fourth-order valence-electron chi connectivity index (χ4n) is 1.98. The lowest BCUT2D eigenvalue weighted by molar-refractivity contribution is 0.184. The van der Waals surface area contributed by atoms with Gasteiger partial charge in [0.05, 0.1) is 12.8 Å². The van der Waals surface area contributed by atoms with Gasteiger partial charge in [-0.05, 0) is 25.1 Å². The number of pyridine rings is 1. The van der Waals surface area contributed by atoms with Gasteiger partial charge in [-0.2, -0.15) is 10.4 Å². The lowest BCUT2D eigenvalue weighted by Crippen LogP contribution is -2.03. The molecule has 1 aromatic heterocycles. The number of aryl methyl sites for hydroxylation is 1. The summed E-state index contributed by atoms with van der Waals surface area (Å²) >= 11 is 0. The summed E-state index contributed by atoms with van der Waals surface area (Å²) in [6.45, 7) is 2.16. The number of aromatic hydroxyl groups is 1. The Morgan fingerprint density at radius 2 is 2.23 bits per heavy atom. The molecule has 0 saturated heterocycles. The summed E-state index contributed by atoms with van der Waals surface area (Å²) in [6, 6.07) is 10.7. The molecule has 0 fully saturated rings. The van der Waals surface area contributed by atoms with Crippen LogP contribution in [0.15, 0.2) is 35.4 Å². The summed E-state index contributed by atoms with van der Waals surface area (Å²) in [5.41, 5.74) is 5.21. The van der Waals surface area contributed by atoms with Crippen molar-refractivity contribution >= 4 is 12.0 Å². The molecule has 0 aliphatic rings. The first-order chi connectivity index (χ1) is 10.7. The fourth-order valence-corrected chi connectivity index (χ4v) is 1.98. The average molecular weight is 296 g/mol. The van der Waals surface area contributed by atoms with E-state index in [9.17, 15) is 10.4 Å². The van der Waals surface area contributed by atoms with Crippen molar-refractivity contribution in [1.29, 1.82) is 5.26 Å². The molecule has 0 radical (unpaired) electrons. The Kier molecular flexibility index (Phi) is 5.07. The third kappa shape index (κ3) is 3.59. The quantitative estimate of drug-likeness (QED) is 0.653. The second-order valence-corrected chi connectivity index (χ2v) is 4.62. The topological polar surface area (TPSA) is 90.5 Å². The van der Waals surface area contributed by atoms with Gasteiger partial charge in [-0.3, -0.25) is 5.43 Å². The van der Waals surface area contributed by atoms with Crippen molar-refractivity contribution in [3.63, 3.8) is 0 Å². The van der Waals surface area contributed by atoms with Crippen LogP contribution in [0, 0.1) is 18.3 Å². The van der Waals surface area contributed by atoms with Crippen molar-refractivity contribution in [2.75, 3.05) is 12.5 Å². The Morgan fingerprint density at radius 3 is 2.91 bits per heavy atom. The molecule has 0 aliphatic heterocycles. The average Bonchev–Trinajstić information content (AvgIpc) is 2.49. The van der Waals surface area contributed by atoms with Crippen LogP contribution in [0.2, 0.25) is 0 Å². The van der Waals surface area contributed by atoms with E-state index in [2.05, 4.69) is 21.6 Å². The highest BCUT2D eigenvalue weighted by atomic mass is 16.5. The van der Waals surface area contributed by atoms with Crippen LogP contribution in [-0.2, 0) is 11.3 Å². The summed E-state index contributed by atoms with van der Waals surface area (Å²) in [6.07, 6.45) is 1.47. The summed E-state index contributed by atoms with van der Waals surface area (Å²) in [5.74, 6) is 0.493. The minimum Gasteiger partial charge on any atom is -0.507 e. The van der Waals surface area contributed by atoms with E-state index in [1.165, 1.54) is 6.21 Å². The van der Waals surface area contributed by atoms with Crippen LogP contribution in [0.25, 0.3) is 0 Å². The molecule has 0 unspecified atom stereocenters. The number of nitrogens with one attached hydrogen (secondary N) is 1. The molecule has 0 amide bonds. The van der Waals surface area contributed by atoms with Gasteiger partial charge in [-0.25, -0.2) is 4.98 Å². The summed E-state index contributed by atoms with van der Waals surface area (Å²) in [4.78, 5) is 4.28. The number of ether oxygens (including phenoxy) is 1. The minimum atomic E-state index is 0.130. The number of hydrogen-bond acceptors (Lipinski definition) is 6. The highest BCUT2D eigenvalue weighted by molar-refractivity contribution is 5.83. The monoisotopic (exact) mass is 296 g/mol. The van der Waals surface area contributed by atoms with E-state index >= 15 is 0 Å². The first-order valence-electron chi connectivity index (χ1n) is 6.62. The Labute approximate surface area is 128 Å². The summed E-state index contributed by atoms with van der Waals surface area (Å²) in [5, 5.41) is 23.0. The van der Waals surface area contributed by atoms with E-state index < -0.39 is 0 Å². The zero-order valence-corrected chi connectivity index (χ0v) is 12.4. The van der Waals surface area contributed by atoms with Gasteiger partial charge in [0.2, 0.25) is 0 Å². The number of hydrazone groups is 1. The van der Waals surface area contributed by atoms with Crippen LogP contribution >= 0.6 is 0 Å². The highest BCUT2D eigenvalue weighted by Gasteiger charge is 2.10. The normalized spacial score (nSPS) is 10.6. The molecule has 1 heterocycles. The van der Waals surface area contributed by atoms with Crippen molar-refractivity contribution in [3.8, 4) is 11.8 Å². The molecular formula is C16H16N4O2. The molecule has 0 atom stereocenters. The number of aromatic nitrogens is 1. The van der Waals surface area contributed by atoms with Gasteiger partial charge in [0, 0.05) is 23.9 Å². The zero-order chi connectivity index (χ0) is 15.9. The Balaban J connectivity index is 2.26. The Morgan fingerprint density at radius 1 is 1.45 bits per heavy atom. The van der Waals surface area contributed by atoms with E-state index in [1.54, 1.807) is 37.4 Å². The van der Waals surface area contributed by atoms with Crippen LogP contribution in [0.4, 0.5) is 5.82 Å². The number of nitriles is 1. The molecule has 2 rings (SSSR count). The predicted octanol–water partition coefficient (Wildman–Crippen LogP) is 2.56. The molecule has 6 nitrogen and oxygen atoms in total. The number of phenolic OH excluding ortho intramolecular Hbond substituents is 1. The minimum absolute atomic E-state index is 0.130. The molecule has 0 saturated carbocycles. The number of para-hydroxylation sites is 1. The molecule has 2 N–H and O–H groups in total. The number of benzene rings is 1. The van der Waals surface area contributed by atoms with E-state index in [0.717, 1.165) is 11.3 Å². The third-order valence-electron chi connectivity index (χ3n) is 2.95. The molecule has 2 aromatic rings. The number of anilines is 1. The number of methoxy groups -OCH3 is 1. The molecule has 1 aromatic carbocycles. The highest BCUT2D eigenvalue weighted by Crippen LogP contribution is 2.19. The van der Waals surface area contributed by atoms with Crippen molar-refractivity contribution in [2.24, 2.45) is 5.10 Å². The van der Waals surface area contributed by atoms with Crippen LogP contribution in [0.3, 0.4) is 0 Å². The Hall–Kier alpha value is -2.91. The second kappa shape index (κ2) is 7.20. The Bertz CT molecular complexity index is 735. The molecule has 112 valence electrons. The first kappa shape index (κ1) is 15.5. The number of phenols is 1. The van der Waals surface area contributed by atoms with E-state index in [0.29, 0.717) is 23.6 Å². The van der Waals surface area contributed by atoms with Crippen molar-refractivity contribution < 1.29 is 9.84 Å². The summed E-state index contributed by atoms with van der Waals surface area (Å²) in [7, 11) is 1.57. The van der Waals surface area contributed by atoms with Gasteiger partial charge in [-0.15, -0.1) is 0 Å². The van der Waals surface area contributed by atoms with Gasteiger partial charge in [-0.1, -0.05) is 12.1 Å². The lowest BCUT2D eigenvalue weighted by atomic mass is 10.1. The lowest BCUT2D eigenvalue weighted by Gasteiger charge is -2.09. The predicted molar refractivity (Wildman–Crippen MR) is 83.7 cm³/mol. The van der Waals surface area contributed by atoms with Crippen molar-refractivity contribution in [3.05, 3.63) is 52.7 Å². The van der Waals surface area contributed by atoms with Gasteiger partial charge in [0.15, 0.2) is 5.82 Å². The molecule has 6 heteroatoms. The number of hydrogen-bond donors (Lipinski definition) is 2. The molecular weight excluding hydrogens is 280 g/mol. The number of rotatable bonds is 5. The maximum Gasteiger partial charge on any atom is 0.164 e. The first-order valence-corrected chi connectivity index (χ1v) is 6.62. The molecule has 0 spiro atoms. The van der Waals surface area contributed by atoms with Crippen LogP contribution < -0.4 is 5.43 Å². The van der Waals surface area contributed by atoms with E-state index in [4.69, 9.17) is 4.74 Å². The van der Waals surface area contributed by atoms with Crippen LogP contribution in [0.5, 0.6) is 5.75 Å². The zero-order valence-electron chi connectivity index (χ0n) is 12.4. The van der Waals surface area contributed by atoms with Crippen molar-refractivity contribution in [2.45, 2.75) is 13.5 Å². The van der Waals surface area contributed by atoms with Gasteiger partial charge in [0.25, 0.3) is 0 Å². The maximum absolute atomic E-state index is 9.66. The summed E-state index contributed by atoms with van der Waals surface area (Å²) < 4.78 is 5.09. The largest absolute Gasteiger partial charge is 0.507 e. The molecule has 22 heavy (non-hydrogen) atoms. The fraction of sp³-hybridized carbons (Fsp3) is 0.188. The third-order valence-corrected chi connectivity index (χ3v) is 2.95. The molecule has 0 bridgehead atoms. The second-order valence-electron chi connectivity index (χ2n) is 4.62. The van der Waals surface area contributed by atoms with Crippen molar-refractivity contribution in [1.82, 2.24) is 4.98 Å². The van der Waals surface area contributed by atoms with Crippen LogP contribution in [-0.4, -0.2) is 23.4 Å². The van der Waals surface area contributed by atoms with Gasteiger partial charge >= 0.3 is 0 Å². The van der Waals surface area contributed by atoms with Crippen LogP contribution in [0.1, 0.15) is 22.4 Å². The smallest absolute Gasteiger partial charge is 0.164 e. The van der Waals surface area contributed by atoms with E-state index in [1.807, 2.05) is 6.92 Å². The maximum atomic E-state index is 9.66. The van der Waals surface area contributed by atoms with Gasteiger partial charge < -0.3 is 9.84 Å².